The Labute approximate surface area is 229 Å². The molecule has 0 aliphatic rings. The van der Waals surface area contributed by atoms with Gasteiger partial charge in [-0.05, 0) is 54.8 Å². The van der Waals surface area contributed by atoms with Gasteiger partial charge in [0.25, 0.3) is 15.9 Å². The number of hydrogen-bond acceptors (Lipinski definition) is 6. The Morgan fingerprint density at radius 3 is 2.31 bits per heavy atom. The fourth-order valence-corrected chi connectivity index (χ4v) is 7.00. The van der Waals surface area contributed by atoms with Crippen molar-refractivity contribution in [2.24, 2.45) is 4.99 Å². The minimum Gasteiger partial charge on any atom is -0.468 e. The topological polar surface area (TPSA) is 98.0 Å². The van der Waals surface area contributed by atoms with Gasteiger partial charge in [0.05, 0.1) is 27.9 Å². The third-order valence-corrected chi connectivity index (χ3v) is 9.35. The number of anilines is 1. The van der Waals surface area contributed by atoms with Gasteiger partial charge in [-0.25, -0.2) is 8.42 Å². The summed E-state index contributed by atoms with van der Waals surface area (Å²) in [5.74, 6) is -1.02. The maximum Gasteiger partial charge on any atom is 0.325 e. The first-order chi connectivity index (χ1) is 18.8. The molecular formula is C29H25N3O5S2. The number of carbonyl (C=O) groups is 2. The highest BCUT2D eigenvalue weighted by Crippen LogP contribution is 2.28. The number of benzene rings is 4. The van der Waals surface area contributed by atoms with Crippen molar-refractivity contribution in [1.29, 1.82) is 0 Å². The van der Waals surface area contributed by atoms with E-state index in [1.54, 1.807) is 35.8 Å². The molecule has 0 atom stereocenters. The summed E-state index contributed by atoms with van der Waals surface area (Å²) in [4.78, 5) is 30.1. The third-order valence-electron chi connectivity index (χ3n) is 6.31. The zero-order chi connectivity index (χ0) is 27.6. The van der Waals surface area contributed by atoms with Gasteiger partial charge in [0.1, 0.15) is 6.54 Å². The number of carbonyl (C=O) groups excluding carboxylic acids is 2. The molecule has 5 rings (SSSR count). The predicted octanol–water partition coefficient (Wildman–Crippen LogP) is 4.99. The van der Waals surface area contributed by atoms with Crippen molar-refractivity contribution in [2.75, 3.05) is 18.0 Å². The second kappa shape index (κ2) is 10.8. The standard InChI is InChI=1S/C29H25N3O5S2/c1-3-32(22-10-5-4-6-11-22)39(35,36)23-16-13-21(14-17-23)28(34)30-29-31(19-26(33)37-2)25-18-15-20-9-7-8-12-24(20)27(25)38-29/h4-18H,3,19H2,1-2H3. The lowest BCUT2D eigenvalue weighted by atomic mass is 10.1. The summed E-state index contributed by atoms with van der Waals surface area (Å²) in [6, 6.07) is 26.3. The van der Waals surface area contributed by atoms with Crippen LogP contribution in [0.5, 0.6) is 0 Å². The van der Waals surface area contributed by atoms with Gasteiger partial charge in [0.2, 0.25) is 0 Å². The minimum absolute atomic E-state index is 0.0684. The van der Waals surface area contributed by atoms with E-state index in [2.05, 4.69) is 4.99 Å². The number of fused-ring (bicyclic) bond motifs is 3. The molecule has 39 heavy (non-hydrogen) atoms. The van der Waals surface area contributed by atoms with E-state index >= 15 is 0 Å². The number of ether oxygens (including phenoxy) is 1. The monoisotopic (exact) mass is 559 g/mol. The fraction of sp³-hybridized carbons (Fsp3) is 0.138. The van der Waals surface area contributed by atoms with Crippen LogP contribution in [0.2, 0.25) is 0 Å². The molecule has 0 spiro atoms. The molecule has 0 unspecified atom stereocenters. The van der Waals surface area contributed by atoms with Crippen LogP contribution in [0.3, 0.4) is 0 Å². The number of nitrogens with zero attached hydrogens (tertiary/aromatic N) is 3. The Morgan fingerprint density at radius 2 is 1.62 bits per heavy atom. The SMILES string of the molecule is CCN(c1ccccc1)S(=O)(=O)c1ccc(C(=O)N=c2sc3c4ccccc4ccc3n2CC(=O)OC)cc1. The van der Waals surface area contributed by atoms with Crippen molar-refractivity contribution >= 4 is 59.9 Å². The highest BCUT2D eigenvalue weighted by molar-refractivity contribution is 7.92. The second-order valence-electron chi connectivity index (χ2n) is 8.63. The maximum atomic E-state index is 13.3. The molecule has 0 radical (unpaired) electrons. The number of para-hydroxylation sites is 1. The van der Waals surface area contributed by atoms with E-state index in [0.29, 0.717) is 10.5 Å². The summed E-state index contributed by atoms with van der Waals surface area (Å²) >= 11 is 1.31. The summed E-state index contributed by atoms with van der Waals surface area (Å²) in [5, 5.41) is 2.02. The molecule has 1 heterocycles. The van der Waals surface area contributed by atoms with Crippen LogP contribution < -0.4 is 9.11 Å². The van der Waals surface area contributed by atoms with E-state index in [9.17, 15) is 18.0 Å². The lowest BCUT2D eigenvalue weighted by Crippen LogP contribution is -2.30. The lowest BCUT2D eigenvalue weighted by molar-refractivity contribution is -0.141. The van der Waals surface area contributed by atoms with E-state index in [1.807, 2.05) is 42.5 Å². The summed E-state index contributed by atoms with van der Waals surface area (Å²) in [7, 11) is -2.52. The lowest BCUT2D eigenvalue weighted by Gasteiger charge is -2.22. The van der Waals surface area contributed by atoms with Crippen molar-refractivity contribution < 1.29 is 22.7 Å². The van der Waals surface area contributed by atoms with Gasteiger partial charge < -0.3 is 9.30 Å². The number of amides is 1. The van der Waals surface area contributed by atoms with Gasteiger partial charge in [-0.1, -0.05) is 59.9 Å². The molecule has 0 aliphatic heterocycles. The molecule has 10 heteroatoms. The zero-order valence-electron chi connectivity index (χ0n) is 21.3. The van der Waals surface area contributed by atoms with Gasteiger partial charge in [0, 0.05) is 17.5 Å². The summed E-state index contributed by atoms with van der Waals surface area (Å²) in [6.07, 6.45) is 0. The summed E-state index contributed by atoms with van der Waals surface area (Å²) in [5.41, 5.74) is 1.55. The Bertz CT molecular complexity index is 1860. The molecule has 0 fully saturated rings. The van der Waals surface area contributed by atoms with E-state index in [4.69, 9.17) is 4.74 Å². The van der Waals surface area contributed by atoms with E-state index in [1.165, 1.54) is 47.0 Å². The summed E-state index contributed by atoms with van der Waals surface area (Å²) < 4.78 is 35.3. The van der Waals surface area contributed by atoms with Crippen LogP contribution in [0.15, 0.2) is 101 Å². The summed E-state index contributed by atoms with van der Waals surface area (Å²) in [6.45, 7) is 1.91. The van der Waals surface area contributed by atoms with Crippen molar-refractivity contribution in [3.63, 3.8) is 0 Å². The highest BCUT2D eigenvalue weighted by atomic mass is 32.2. The van der Waals surface area contributed by atoms with Gasteiger partial charge >= 0.3 is 5.97 Å². The van der Waals surface area contributed by atoms with Gasteiger partial charge in [-0.3, -0.25) is 13.9 Å². The van der Waals surface area contributed by atoms with Crippen LogP contribution in [0.4, 0.5) is 5.69 Å². The smallest absolute Gasteiger partial charge is 0.325 e. The predicted molar refractivity (Wildman–Crippen MR) is 152 cm³/mol. The number of thiazole rings is 1. The average Bonchev–Trinajstić information content (AvgIpc) is 3.30. The number of methoxy groups -OCH3 is 1. The van der Waals surface area contributed by atoms with Gasteiger partial charge in [-0.2, -0.15) is 4.99 Å². The van der Waals surface area contributed by atoms with Gasteiger partial charge in [0.15, 0.2) is 4.80 Å². The molecule has 8 nitrogen and oxygen atoms in total. The normalized spacial score (nSPS) is 12.1. The molecule has 0 N–H and O–H groups in total. The molecule has 5 aromatic rings. The number of sulfonamides is 1. The van der Waals surface area contributed by atoms with E-state index in [-0.39, 0.29) is 23.5 Å². The molecular weight excluding hydrogens is 534 g/mol. The molecule has 0 bridgehead atoms. The van der Waals surface area contributed by atoms with Crippen molar-refractivity contribution in [1.82, 2.24) is 4.57 Å². The molecule has 1 amide bonds. The molecule has 0 saturated carbocycles. The van der Waals surface area contributed by atoms with Crippen LogP contribution in [0, 0.1) is 0 Å². The zero-order valence-corrected chi connectivity index (χ0v) is 22.9. The first-order valence-corrected chi connectivity index (χ1v) is 14.4. The van der Waals surface area contributed by atoms with Crippen molar-refractivity contribution in [2.45, 2.75) is 18.4 Å². The quantitative estimate of drug-likeness (QED) is 0.262. The average molecular weight is 560 g/mol. The van der Waals surface area contributed by atoms with Crippen LogP contribution in [0.1, 0.15) is 17.3 Å². The molecule has 1 aromatic heterocycles. The van der Waals surface area contributed by atoms with Crippen LogP contribution in [-0.2, 0) is 26.1 Å². The first-order valence-electron chi connectivity index (χ1n) is 12.2. The second-order valence-corrected chi connectivity index (χ2v) is 11.5. The molecule has 198 valence electrons. The van der Waals surface area contributed by atoms with Crippen LogP contribution in [-0.4, -0.2) is 38.5 Å². The van der Waals surface area contributed by atoms with E-state index in [0.717, 1.165) is 21.0 Å². The van der Waals surface area contributed by atoms with E-state index < -0.39 is 21.9 Å². The largest absolute Gasteiger partial charge is 0.468 e. The molecule has 0 aliphatic carbocycles. The first kappa shape index (κ1) is 26.3. The Hall–Kier alpha value is -4.28. The number of aromatic nitrogens is 1. The minimum atomic E-state index is -3.83. The molecule has 4 aromatic carbocycles. The van der Waals surface area contributed by atoms with Crippen LogP contribution >= 0.6 is 11.3 Å². The van der Waals surface area contributed by atoms with Crippen molar-refractivity contribution in [3.8, 4) is 0 Å². The Morgan fingerprint density at radius 1 is 0.923 bits per heavy atom. The number of hydrogen-bond donors (Lipinski definition) is 0. The Balaban J connectivity index is 1.53. The number of rotatable bonds is 7. The van der Waals surface area contributed by atoms with Gasteiger partial charge in [-0.15, -0.1) is 0 Å². The third kappa shape index (κ3) is 5.08. The number of esters is 1. The van der Waals surface area contributed by atoms with Crippen molar-refractivity contribution in [3.05, 3.63) is 101 Å². The molecule has 0 saturated heterocycles. The fourth-order valence-electron chi connectivity index (χ4n) is 4.36. The van der Waals surface area contributed by atoms with Crippen LogP contribution in [0.25, 0.3) is 21.0 Å². The highest BCUT2D eigenvalue weighted by Gasteiger charge is 2.24. The Kier molecular flexibility index (Phi) is 7.32. The maximum absolute atomic E-state index is 13.3.